The van der Waals surface area contributed by atoms with Crippen LogP contribution in [0, 0.1) is 0 Å². The number of carbonyl (C=O) groups excluding carboxylic acids is 1. The molecule has 0 atom stereocenters. The average molecular weight is 316 g/mol. The third kappa shape index (κ3) is 2.86. The predicted molar refractivity (Wildman–Crippen MR) is 85.9 cm³/mol. The van der Waals surface area contributed by atoms with Crippen LogP contribution in [0.1, 0.15) is 10.4 Å². The number of rotatable bonds is 3. The maximum atomic E-state index is 11.6. The summed E-state index contributed by atoms with van der Waals surface area (Å²) in [7, 11) is 1.36. The maximum absolute atomic E-state index is 11.6. The molecular formula is C15H12N2O2S2. The number of thiazole rings is 1. The summed E-state index contributed by atoms with van der Waals surface area (Å²) in [5.41, 5.74) is 8.04. The van der Waals surface area contributed by atoms with Gasteiger partial charge in [-0.3, -0.25) is 0 Å². The minimum absolute atomic E-state index is 0.374. The Hall–Kier alpha value is -2.05. The number of ether oxygens (including phenoxy) is 1. The van der Waals surface area contributed by atoms with E-state index in [-0.39, 0.29) is 5.97 Å². The molecule has 0 bridgehead atoms. The predicted octanol–water partition coefficient (Wildman–Crippen LogP) is 3.82. The fourth-order valence-corrected chi connectivity index (χ4v) is 3.96. The van der Waals surface area contributed by atoms with Gasteiger partial charge < -0.3 is 10.5 Å². The number of methoxy groups -OCH3 is 1. The Morgan fingerprint density at radius 2 is 2.10 bits per heavy atom. The van der Waals surface area contributed by atoms with Crippen LogP contribution >= 0.6 is 23.1 Å². The van der Waals surface area contributed by atoms with Crippen molar-refractivity contribution in [3.8, 4) is 0 Å². The lowest BCUT2D eigenvalue weighted by Gasteiger charge is -2.05. The second-order valence-corrected chi connectivity index (χ2v) is 6.61. The summed E-state index contributed by atoms with van der Waals surface area (Å²) in [6.07, 6.45) is 0. The highest BCUT2D eigenvalue weighted by Crippen LogP contribution is 2.37. The van der Waals surface area contributed by atoms with Crippen molar-refractivity contribution >= 4 is 45.0 Å². The quantitative estimate of drug-likeness (QED) is 0.588. The molecule has 0 fully saturated rings. The zero-order chi connectivity index (χ0) is 14.8. The van der Waals surface area contributed by atoms with Gasteiger partial charge >= 0.3 is 5.97 Å². The second kappa shape index (κ2) is 5.75. The fourth-order valence-electron chi connectivity index (χ4n) is 1.86. The van der Waals surface area contributed by atoms with E-state index in [1.807, 2.05) is 24.3 Å². The van der Waals surface area contributed by atoms with E-state index in [0.717, 1.165) is 19.5 Å². The first-order chi connectivity index (χ1) is 10.2. The molecule has 0 spiro atoms. The van der Waals surface area contributed by atoms with E-state index in [9.17, 15) is 4.79 Å². The summed E-state index contributed by atoms with van der Waals surface area (Å²) in [5, 5.41) is 0. The Morgan fingerprint density at radius 1 is 1.29 bits per heavy atom. The third-order valence-corrected chi connectivity index (χ3v) is 5.08. The second-order valence-electron chi connectivity index (χ2n) is 4.29. The number of nitrogens with two attached hydrogens (primary N) is 1. The highest BCUT2D eigenvalue weighted by atomic mass is 32.2. The number of aromatic nitrogens is 1. The summed E-state index contributed by atoms with van der Waals surface area (Å²) in [4.78, 5) is 16.9. The first-order valence-corrected chi connectivity index (χ1v) is 7.82. The van der Waals surface area contributed by atoms with Crippen molar-refractivity contribution in [3.05, 3.63) is 48.0 Å². The van der Waals surface area contributed by atoms with Gasteiger partial charge in [0.05, 0.1) is 22.9 Å². The summed E-state index contributed by atoms with van der Waals surface area (Å²) < 4.78 is 6.75. The van der Waals surface area contributed by atoms with Crippen LogP contribution in [0.2, 0.25) is 0 Å². The van der Waals surface area contributed by atoms with Gasteiger partial charge in [-0.05, 0) is 30.3 Å². The van der Waals surface area contributed by atoms with Crippen molar-refractivity contribution < 1.29 is 9.53 Å². The molecule has 0 aliphatic rings. The molecule has 6 heteroatoms. The smallest absolute Gasteiger partial charge is 0.337 e. The van der Waals surface area contributed by atoms with Gasteiger partial charge in [0.15, 0.2) is 4.34 Å². The molecule has 0 unspecified atom stereocenters. The molecule has 3 aromatic rings. The molecule has 0 aliphatic carbocycles. The Kier molecular flexibility index (Phi) is 3.81. The zero-order valence-electron chi connectivity index (χ0n) is 11.2. The van der Waals surface area contributed by atoms with Crippen molar-refractivity contribution in [2.24, 2.45) is 0 Å². The van der Waals surface area contributed by atoms with Crippen LogP contribution in [-0.2, 0) is 4.74 Å². The molecule has 0 amide bonds. The lowest BCUT2D eigenvalue weighted by molar-refractivity contribution is 0.0600. The van der Waals surface area contributed by atoms with Crippen LogP contribution in [0.15, 0.2) is 51.7 Å². The Morgan fingerprint density at radius 3 is 2.86 bits per heavy atom. The molecule has 0 saturated carbocycles. The van der Waals surface area contributed by atoms with Crippen molar-refractivity contribution in [2.45, 2.75) is 9.24 Å². The number of fused-ring (bicyclic) bond motifs is 1. The summed E-state index contributed by atoms with van der Waals surface area (Å²) in [5.74, 6) is -0.374. The number of nitrogens with zero attached hydrogens (tertiary/aromatic N) is 1. The first-order valence-electron chi connectivity index (χ1n) is 6.18. The van der Waals surface area contributed by atoms with Gasteiger partial charge in [0.25, 0.3) is 0 Å². The Bertz CT molecular complexity index is 781. The van der Waals surface area contributed by atoms with E-state index in [1.54, 1.807) is 29.5 Å². The Labute approximate surface area is 129 Å². The monoisotopic (exact) mass is 316 g/mol. The number of para-hydroxylation sites is 1. The number of hydrogen-bond acceptors (Lipinski definition) is 6. The van der Waals surface area contributed by atoms with E-state index < -0.39 is 0 Å². The van der Waals surface area contributed by atoms with Crippen LogP contribution in [0.4, 0.5) is 5.69 Å². The van der Waals surface area contributed by atoms with Gasteiger partial charge in [0.1, 0.15) is 0 Å². The minimum Gasteiger partial charge on any atom is -0.465 e. The molecule has 3 rings (SSSR count). The molecule has 0 saturated heterocycles. The van der Waals surface area contributed by atoms with Crippen molar-refractivity contribution in [2.75, 3.05) is 12.8 Å². The normalized spacial score (nSPS) is 10.7. The number of hydrogen-bond donors (Lipinski definition) is 1. The van der Waals surface area contributed by atoms with Crippen LogP contribution in [0.3, 0.4) is 0 Å². The average Bonchev–Trinajstić information content (AvgIpc) is 2.91. The van der Waals surface area contributed by atoms with E-state index in [4.69, 9.17) is 10.5 Å². The van der Waals surface area contributed by atoms with Crippen molar-refractivity contribution in [1.82, 2.24) is 4.98 Å². The molecule has 2 N–H and O–H groups in total. The van der Waals surface area contributed by atoms with Gasteiger partial charge in [0, 0.05) is 10.6 Å². The van der Waals surface area contributed by atoms with Crippen LogP contribution in [0.25, 0.3) is 10.2 Å². The number of benzene rings is 2. The largest absolute Gasteiger partial charge is 0.465 e. The molecule has 4 nitrogen and oxygen atoms in total. The zero-order valence-corrected chi connectivity index (χ0v) is 12.8. The first kappa shape index (κ1) is 13.9. The topological polar surface area (TPSA) is 65.2 Å². The molecule has 1 aromatic heterocycles. The molecule has 1 heterocycles. The van der Waals surface area contributed by atoms with Gasteiger partial charge in [-0.1, -0.05) is 23.9 Å². The summed E-state index contributed by atoms with van der Waals surface area (Å²) in [6.45, 7) is 0. The molecule has 21 heavy (non-hydrogen) atoms. The minimum atomic E-state index is -0.374. The van der Waals surface area contributed by atoms with Crippen molar-refractivity contribution in [1.29, 1.82) is 0 Å². The fraction of sp³-hybridized carbons (Fsp3) is 0.0667. The number of esters is 1. The third-order valence-electron chi connectivity index (χ3n) is 2.91. The molecule has 0 aliphatic heterocycles. The van der Waals surface area contributed by atoms with Crippen molar-refractivity contribution in [3.63, 3.8) is 0 Å². The highest BCUT2D eigenvalue weighted by molar-refractivity contribution is 8.01. The van der Waals surface area contributed by atoms with E-state index >= 15 is 0 Å². The van der Waals surface area contributed by atoms with E-state index in [2.05, 4.69) is 4.98 Å². The van der Waals surface area contributed by atoms with Crippen LogP contribution in [-0.4, -0.2) is 18.1 Å². The van der Waals surface area contributed by atoms with Gasteiger partial charge in [-0.15, -0.1) is 11.3 Å². The highest BCUT2D eigenvalue weighted by Gasteiger charge is 2.11. The SMILES string of the molecule is COC(=O)c1ccc(N)c(Sc2nc3ccccc3s2)c1. The number of anilines is 1. The maximum Gasteiger partial charge on any atom is 0.337 e. The Balaban J connectivity index is 1.94. The summed E-state index contributed by atoms with van der Waals surface area (Å²) >= 11 is 3.06. The lowest BCUT2D eigenvalue weighted by atomic mass is 10.2. The van der Waals surface area contributed by atoms with E-state index in [0.29, 0.717) is 11.3 Å². The van der Waals surface area contributed by atoms with E-state index in [1.165, 1.54) is 18.9 Å². The van der Waals surface area contributed by atoms with Gasteiger partial charge in [-0.2, -0.15) is 0 Å². The number of nitrogen functional groups attached to an aromatic ring is 1. The van der Waals surface area contributed by atoms with Crippen LogP contribution < -0.4 is 5.73 Å². The standard InChI is InChI=1S/C15H12N2O2S2/c1-19-14(18)9-6-7-10(16)13(8-9)21-15-17-11-4-2-3-5-12(11)20-15/h2-8H,16H2,1H3. The molecule has 2 aromatic carbocycles. The van der Waals surface area contributed by atoms with Crippen LogP contribution in [0.5, 0.6) is 0 Å². The van der Waals surface area contributed by atoms with Gasteiger partial charge in [-0.25, -0.2) is 9.78 Å². The molecule has 106 valence electrons. The summed E-state index contributed by atoms with van der Waals surface area (Å²) in [6, 6.07) is 13.1. The lowest BCUT2D eigenvalue weighted by Crippen LogP contribution is -2.02. The molecule has 0 radical (unpaired) electrons. The molecular weight excluding hydrogens is 304 g/mol. The number of carbonyl (C=O) groups is 1. The van der Waals surface area contributed by atoms with Gasteiger partial charge in [0.2, 0.25) is 0 Å².